The molecule has 7 heteroatoms. The molecule has 7 nitrogen and oxygen atoms in total. The number of fused-ring (bicyclic) bond motifs is 3. The molecule has 0 aliphatic heterocycles. The van der Waals surface area contributed by atoms with E-state index in [1.807, 2.05) is 45.0 Å². The predicted octanol–water partition coefficient (Wildman–Crippen LogP) is 4.80. The highest BCUT2D eigenvalue weighted by molar-refractivity contribution is 5.81. The third kappa shape index (κ3) is 6.62. The molecule has 1 atom stereocenters. The maximum absolute atomic E-state index is 12.8. The molecule has 1 aliphatic carbocycles. The number of alkyl carbamates (subject to hydrolysis) is 1. The summed E-state index contributed by atoms with van der Waals surface area (Å²) in [7, 11) is 0. The number of ether oxygens (including phenoxy) is 1. The van der Waals surface area contributed by atoms with Crippen molar-refractivity contribution in [3.8, 4) is 11.1 Å². The molecular formula is C28H36N2O5. The molecule has 0 fully saturated rings. The Hall–Kier alpha value is -3.35. The van der Waals surface area contributed by atoms with Crippen LogP contribution < -0.4 is 10.6 Å². The summed E-state index contributed by atoms with van der Waals surface area (Å²) in [6, 6.07) is 16.3. The Labute approximate surface area is 207 Å². The van der Waals surface area contributed by atoms with Crippen LogP contribution in [-0.2, 0) is 14.3 Å². The van der Waals surface area contributed by atoms with E-state index in [0.29, 0.717) is 6.42 Å². The first kappa shape index (κ1) is 26.3. The van der Waals surface area contributed by atoms with Gasteiger partial charge in [-0.2, -0.15) is 0 Å². The van der Waals surface area contributed by atoms with Gasteiger partial charge in [0.1, 0.15) is 6.61 Å². The van der Waals surface area contributed by atoms with Crippen molar-refractivity contribution in [2.24, 2.45) is 16.7 Å². The molecule has 1 aliphatic rings. The van der Waals surface area contributed by atoms with Crippen molar-refractivity contribution >= 4 is 18.0 Å². The van der Waals surface area contributed by atoms with Crippen molar-refractivity contribution in [1.82, 2.24) is 10.6 Å². The average molecular weight is 481 g/mol. The number of carboxylic acid groups (broad SMARTS) is 1. The Balaban J connectivity index is 1.60. The van der Waals surface area contributed by atoms with Gasteiger partial charge in [-0.3, -0.25) is 9.59 Å². The standard InChI is InChI=1S/C28H36N2O5/c1-27(2,3)14-18(24(31)30-17-28(4,5)25(32)33)15-29-26(34)35-16-23-21-12-8-6-10-19(21)20-11-7-9-13-22(20)23/h6-13,18,23H,14-17H2,1-5H3,(H,29,34)(H,30,31)(H,32,33). The smallest absolute Gasteiger partial charge is 0.407 e. The average Bonchev–Trinajstić information content (AvgIpc) is 3.12. The number of rotatable bonds is 9. The van der Waals surface area contributed by atoms with E-state index >= 15 is 0 Å². The zero-order valence-corrected chi connectivity index (χ0v) is 21.2. The van der Waals surface area contributed by atoms with Gasteiger partial charge < -0.3 is 20.5 Å². The summed E-state index contributed by atoms with van der Waals surface area (Å²) in [5.74, 6) is -1.82. The first-order valence-electron chi connectivity index (χ1n) is 12.0. The summed E-state index contributed by atoms with van der Waals surface area (Å²) in [6.45, 7) is 9.47. The highest BCUT2D eigenvalue weighted by Crippen LogP contribution is 2.44. The summed E-state index contributed by atoms with van der Waals surface area (Å²) >= 11 is 0. The van der Waals surface area contributed by atoms with Crippen LogP contribution in [0.2, 0.25) is 0 Å². The van der Waals surface area contributed by atoms with E-state index in [4.69, 9.17) is 4.74 Å². The molecular weight excluding hydrogens is 444 g/mol. The predicted molar refractivity (Wildman–Crippen MR) is 135 cm³/mol. The van der Waals surface area contributed by atoms with Crippen LogP contribution in [0.15, 0.2) is 48.5 Å². The molecule has 0 aromatic heterocycles. The lowest BCUT2D eigenvalue weighted by molar-refractivity contribution is -0.146. The number of hydrogen-bond acceptors (Lipinski definition) is 4. The summed E-state index contributed by atoms with van der Waals surface area (Å²) in [4.78, 5) is 36.8. The molecule has 3 N–H and O–H groups in total. The second-order valence-electron chi connectivity index (χ2n) is 11.1. The Morgan fingerprint density at radius 2 is 1.46 bits per heavy atom. The second-order valence-corrected chi connectivity index (χ2v) is 11.1. The van der Waals surface area contributed by atoms with Gasteiger partial charge in [0.2, 0.25) is 5.91 Å². The number of carbonyl (C=O) groups excluding carboxylic acids is 2. The molecule has 0 saturated carbocycles. The van der Waals surface area contributed by atoms with E-state index in [2.05, 4.69) is 34.9 Å². The van der Waals surface area contributed by atoms with Gasteiger partial charge in [-0.15, -0.1) is 0 Å². The van der Waals surface area contributed by atoms with Gasteiger partial charge in [-0.05, 0) is 47.9 Å². The minimum atomic E-state index is -1.08. The number of carbonyl (C=O) groups is 3. The van der Waals surface area contributed by atoms with Crippen molar-refractivity contribution in [3.05, 3.63) is 59.7 Å². The molecule has 0 spiro atoms. The number of aliphatic carboxylic acids is 1. The minimum absolute atomic E-state index is 0.00670. The maximum atomic E-state index is 12.8. The molecule has 0 heterocycles. The first-order valence-corrected chi connectivity index (χ1v) is 12.0. The molecule has 188 valence electrons. The minimum Gasteiger partial charge on any atom is -0.481 e. The molecule has 3 rings (SSSR count). The Kier molecular flexibility index (Phi) is 7.88. The zero-order chi connectivity index (χ0) is 25.8. The van der Waals surface area contributed by atoms with Crippen molar-refractivity contribution < 1.29 is 24.2 Å². The molecule has 0 saturated heterocycles. The van der Waals surface area contributed by atoms with Crippen LogP contribution >= 0.6 is 0 Å². The largest absolute Gasteiger partial charge is 0.481 e. The highest BCUT2D eigenvalue weighted by Gasteiger charge is 2.32. The highest BCUT2D eigenvalue weighted by atomic mass is 16.5. The van der Waals surface area contributed by atoms with Gasteiger partial charge in [0.25, 0.3) is 0 Å². The van der Waals surface area contributed by atoms with Crippen LogP contribution in [0.1, 0.15) is 58.1 Å². The molecule has 1 unspecified atom stereocenters. The molecule has 35 heavy (non-hydrogen) atoms. The van der Waals surface area contributed by atoms with Crippen molar-refractivity contribution in [3.63, 3.8) is 0 Å². The third-order valence-electron chi connectivity index (χ3n) is 6.35. The van der Waals surface area contributed by atoms with Crippen LogP contribution in [0.25, 0.3) is 11.1 Å². The van der Waals surface area contributed by atoms with E-state index in [-0.39, 0.29) is 36.9 Å². The monoisotopic (exact) mass is 480 g/mol. The van der Waals surface area contributed by atoms with Crippen LogP contribution in [0, 0.1) is 16.7 Å². The molecule has 0 bridgehead atoms. The number of benzene rings is 2. The number of carboxylic acids is 1. The molecule has 0 radical (unpaired) electrons. The van der Waals surface area contributed by atoms with Crippen molar-refractivity contribution in [2.75, 3.05) is 19.7 Å². The zero-order valence-electron chi connectivity index (χ0n) is 21.2. The van der Waals surface area contributed by atoms with Gasteiger partial charge in [0, 0.05) is 19.0 Å². The quantitative estimate of drug-likeness (QED) is 0.478. The fourth-order valence-corrected chi connectivity index (χ4v) is 4.38. The van der Waals surface area contributed by atoms with Crippen molar-refractivity contribution in [1.29, 1.82) is 0 Å². The van der Waals surface area contributed by atoms with Gasteiger partial charge in [0.05, 0.1) is 11.3 Å². The Morgan fingerprint density at radius 3 is 1.97 bits per heavy atom. The summed E-state index contributed by atoms with van der Waals surface area (Å²) in [5.41, 5.74) is 3.33. The van der Waals surface area contributed by atoms with Crippen LogP contribution in [0.3, 0.4) is 0 Å². The van der Waals surface area contributed by atoms with Crippen LogP contribution in [0.5, 0.6) is 0 Å². The maximum Gasteiger partial charge on any atom is 0.407 e. The second kappa shape index (κ2) is 10.5. The lowest BCUT2D eigenvalue weighted by Crippen LogP contribution is -2.45. The van der Waals surface area contributed by atoms with E-state index in [1.54, 1.807) is 13.8 Å². The fraction of sp³-hybridized carbons (Fsp3) is 0.464. The van der Waals surface area contributed by atoms with Crippen molar-refractivity contribution in [2.45, 2.75) is 47.0 Å². The van der Waals surface area contributed by atoms with Crippen LogP contribution in [0.4, 0.5) is 4.79 Å². The van der Waals surface area contributed by atoms with E-state index in [1.165, 1.54) is 0 Å². The van der Waals surface area contributed by atoms with E-state index in [9.17, 15) is 19.5 Å². The van der Waals surface area contributed by atoms with Crippen LogP contribution in [-0.4, -0.2) is 42.8 Å². The lowest BCUT2D eigenvalue weighted by atomic mass is 9.84. The first-order chi connectivity index (χ1) is 16.4. The number of amides is 2. The number of nitrogens with one attached hydrogen (secondary N) is 2. The van der Waals surface area contributed by atoms with Gasteiger partial charge >= 0.3 is 12.1 Å². The van der Waals surface area contributed by atoms with E-state index in [0.717, 1.165) is 22.3 Å². The number of hydrogen-bond donors (Lipinski definition) is 3. The van der Waals surface area contributed by atoms with Gasteiger partial charge in [-0.1, -0.05) is 69.3 Å². The summed E-state index contributed by atoms with van der Waals surface area (Å²) in [5, 5.41) is 14.8. The molecule has 2 aromatic rings. The normalized spacial score (nSPS) is 14.0. The van der Waals surface area contributed by atoms with E-state index < -0.39 is 23.4 Å². The summed E-state index contributed by atoms with van der Waals surface area (Å²) in [6.07, 6.45) is -0.0554. The van der Waals surface area contributed by atoms with Gasteiger partial charge in [0.15, 0.2) is 0 Å². The Bertz CT molecular complexity index is 1040. The SMILES string of the molecule is CC(C)(C)CC(CNC(=O)OCC1c2ccccc2-c2ccccc21)C(=O)NCC(C)(C)C(=O)O. The Morgan fingerprint density at radius 1 is 0.914 bits per heavy atom. The molecule has 2 aromatic carbocycles. The third-order valence-corrected chi connectivity index (χ3v) is 6.35. The molecule has 2 amide bonds. The topological polar surface area (TPSA) is 105 Å². The van der Waals surface area contributed by atoms with Gasteiger partial charge in [-0.25, -0.2) is 4.79 Å². The fourth-order valence-electron chi connectivity index (χ4n) is 4.38. The lowest BCUT2D eigenvalue weighted by Gasteiger charge is -2.27. The summed E-state index contributed by atoms with van der Waals surface area (Å²) < 4.78 is 5.59.